The minimum absolute atomic E-state index is 0.237. The van der Waals surface area contributed by atoms with Crippen LogP contribution in [0.25, 0.3) is 22.3 Å². The van der Waals surface area contributed by atoms with E-state index in [1.54, 1.807) is 36.8 Å². The van der Waals surface area contributed by atoms with Gasteiger partial charge in [0.1, 0.15) is 11.5 Å². The van der Waals surface area contributed by atoms with Crippen molar-refractivity contribution in [3.8, 4) is 22.6 Å². The molecule has 3 aromatic carbocycles. The zero-order chi connectivity index (χ0) is 20.2. The molecule has 0 amide bonds. The second-order valence-electron chi connectivity index (χ2n) is 6.89. The van der Waals surface area contributed by atoms with Crippen LogP contribution in [-0.2, 0) is 0 Å². The molecule has 3 nitrogen and oxygen atoms in total. The Hall–Kier alpha value is -3.72. The van der Waals surface area contributed by atoms with Crippen molar-refractivity contribution in [2.24, 2.45) is 0 Å². The van der Waals surface area contributed by atoms with Crippen molar-refractivity contribution in [3.63, 3.8) is 0 Å². The first-order chi connectivity index (χ1) is 14.2. The van der Waals surface area contributed by atoms with Gasteiger partial charge in [-0.25, -0.2) is 0 Å². The van der Waals surface area contributed by atoms with Crippen LogP contribution in [-0.4, -0.2) is 10.2 Å². The number of benzene rings is 3. The van der Waals surface area contributed by atoms with E-state index in [1.807, 2.05) is 30.3 Å². The largest absolute Gasteiger partial charge is 0.508 e. The second-order valence-corrected chi connectivity index (χ2v) is 6.89. The Kier molecular flexibility index (Phi) is 5.21. The van der Waals surface area contributed by atoms with E-state index in [1.165, 1.54) is 5.57 Å². The van der Waals surface area contributed by atoms with Crippen LogP contribution < -0.4 is 0 Å². The number of hydrogen-bond acceptors (Lipinski definition) is 3. The molecule has 0 unspecified atom stereocenters. The molecule has 0 fully saturated rings. The molecule has 4 aromatic rings. The van der Waals surface area contributed by atoms with Gasteiger partial charge in [0.2, 0.25) is 0 Å². The van der Waals surface area contributed by atoms with Gasteiger partial charge >= 0.3 is 0 Å². The topological polar surface area (TPSA) is 53.6 Å². The van der Waals surface area contributed by atoms with Crippen LogP contribution >= 0.6 is 0 Å². The third-order valence-corrected chi connectivity index (χ3v) is 5.06. The first-order valence-electron chi connectivity index (χ1n) is 9.60. The molecule has 29 heavy (non-hydrogen) atoms. The molecule has 0 atom stereocenters. The zero-order valence-corrected chi connectivity index (χ0v) is 16.2. The second kappa shape index (κ2) is 8.11. The van der Waals surface area contributed by atoms with Crippen LogP contribution in [0.3, 0.4) is 0 Å². The lowest BCUT2D eigenvalue weighted by molar-refractivity contribution is 0.475. The van der Waals surface area contributed by atoms with Crippen LogP contribution in [0.5, 0.6) is 11.5 Å². The zero-order valence-electron chi connectivity index (χ0n) is 16.2. The van der Waals surface area contributed by atoms with Gasteiger partial charge in [-0.2, -0.15) is 0 Å². The average Bonchev–Trinajstić information content (AvgIpc) is 3.29. The Morgan fingerprint density at radius 3 is 1.62 bits per heavy atom. The van der Waals surface area contributed by atoms with Crippen molar-refractivity contribution in [3.05, 3.63) is 108 Å². The monoisotopic (exact) mass is 382 g/mol. The first-order valence-corrected chi connectivity index (χ1v) is 9.60. The van der Waals surface area contributed by atoms with Crippen molar-refractivity contribution in [2.75, 3.05) is 0 Å². The normalized spacial score (nSPS) is 10.7. The minimum atomic E-state index is 0.237. The third kappa shape index (κ3) is 3.94. The highest BCUT2D eigenvalue weighted by Gasteiger charge is 2.13. The predicted molar refractivity (Wildman–Crippen MR) is 117 cm³/mol. The van der Waals surface area contributed by atoms with E-state index in [0.717, 1.165) is 39.8 Å². The number of rotatable bonds is 5. The van der Waals surface area contributed by atoms with Crippen LogP contribution in [0.4, 0.5) is 0 Å². The van der Waals surface area contributed by atoms with Gasteiger partial charge in [-0.3, -0.25) is 0 Å². The Morgan fingerprint density at radius 2 is 1.17 bits per heavy atom. The number of phenols is 2. The number of allylic oxidation sites excluding steroid dienone is 1. The van der Waals surface area contributed by atoms with Crippen LogP contribution in [0, 0.1) is 0 Å². The Labute approximate surface area is 170 Å². The molecule has 1 aromatic heterocycles. The van der Waals surface area contributed by atoms with E-state index in [0.29, 0.717) is 0 Å². The van der Waals surface area contributed by atoms with Gasteiger partial charge in [0.15, 0.2) is 0 Å². The Morgan fingerprint density at radius 1 is 0.655 bits per heavy atom. The molecule has 4 rings (SSSR count). The molecule has 0 bridgehead atoms. The van der Waals surface area contributed by atoms with Gasteiger partial charge in [-0.05, 0) is 70.2 Å². The summed E-state index contributed by atoms with van der Waals surface area (Å²) < 4.78 is 5.19. The fourth-order valence-corrected chi connectivity index (χ4v) is 3.59. The SMILES string of the molecule is CCC(=C(c1ccc(O)cc1)c1ccc(O)cc1)c1ccc(-c2ccoc2)cc1. The summed E-state index contributed by atoms with van der Waals surface area (Å²) in [6.45, 7) is 2.14. The summed E-state index contributed by atoms with van der Waals surface area (Å²) in [6.07, 6.45) is 4.25. The fraction of sp³-hybridized carbons (Fsp3) is 0.0769. The van der Waals surface area contributed by atoms with E-state index >= 15 is 0 Å². The minimum Gasteiger partial charge on any atom is -0.508 e. The lowest BCUT2D eigenvalue weighted by atomic mass is 9.87. The lowest BCUT2D eigenvalue weighted by Gasteiger charge is -2.17. The molecule has 0 aliphatic rings. The summed E-state index contributed by atoms with van der Waals surface area (Å²) in [5.74, 6) is 0.475. The standard InChI is InChI=1S/C26H22O3/c1-2-25(19-5-3-18(4-6-19)22-15-16-29-17-22)26(20-7-11-23(27)12-8-20)21-9-13-24(28)14-10-21/h3-17,27-28H,2H2,1H3. The molecular weight excluding hydrogens is 360 g/mol. The van der Waals surface area contributed by atoms with E-state index in [4.69, 9.17) is 4.42 Å². The van der Waals surface area contributed by atoms with Gasteiger partial charge < -0.3 is 14.6 Å². The van der Waals surface area contributed by atoms with Gasteiger partial charge in [0.25, 0.3) is 0 Å². The number of hydrogen-bond donors (Lipinski definition) is 2. The highest BCUT2D eigenvalue weighted by molar-refractivity contribution is 5.98. The van der Waals surface area contributed by atoms with Crippen LogP contribution in [0.1, 0.15) is 30.0 Å². The van der Waals surface area contributed by atoms with Gasteiger partial charge in [-0.1, -0.05) is 55.5 Å². The maximum Gasteiger partial charge on any atom is 0.115 e. The van der Waals surface area contributed by atoms with Gasteiger partial charge in [0.05, 0.1) is 12.5 Å². The molecule has 0 aliphatic carbocycles. The number of furan rings is 1. The smallest absolute Gasteiger partial charge is 0.115 e. The maximum atomic E-state index is 9.72. The highest BCUT2D eigenvalue weighted by atomic mass is 16.3. The molecule has 0 saturated carbocycles. The van der Waals surface area contributed by atoms with Crippen molar-refractivity contribution in [2.45, 2.75) is 13.3 Å². The number of phenolic OH excluding ortho intramolecular Hbond substituents is 2. The average molecular weight is 382 g/mol. The predicted octanol–water partition coefficient (Wildman–Crippen LogP) is 6.73. The summed E-state index contributed by atoms with van der Waals surface area (Å²) in [5, 5.41) is 19.4. The first kappa shape index (κ1) is 18.6. The fourth-order valence-electron chi connectivity index (χ4n) is 3.59. The van der Waals surface area contributed by atoms with Gasteiger partial charge in [0, 0.05) is 5.56 Å². The van der Waals surface area contributed by atoms with Crippen molar-refractivity contribution < 1.29 is 14.6 Å². The Balaban J connectivity index is 1.86. The lowest BCUT2D eigenvalue weighted by Crippen LogP contribution is -1.95. The maximum absolute atomic E-state index is 9.72. The summed E-state index contributed by atoms with van der Waals surface area (Å²) in [7, 11) is 0. The highest BCUT2D eigenvalue weighted by Crippen LogP contribution is 2.36. The summed E-state index contributed by atoms with van der Waals surface area (Å²) >= 11 is 0. The van der Waals surface area contributed by atoms with E-state index in [-0.39, 0.29) is 11.5 Å². The molecule has 0 aliphatic heterocycles. The van der Waals surface area contributed by atoms with Crippen LogP contribution in [0.15, 0.2) is 95.8 Å². The van der Waals surface area contributed by atoms with Crippen molar-refractivity contribution >= 4 is 11.1 Å². The third-order valence-electron chi connectivity index (χ3n) is 5.06. The molecule has 3 heteroatoms. The molecule has 0 saturated heterocycles. The summed E-state index contributed by atoms with van der Waals surface area (Å²) in [5.41, 5.74) is 7.61. The molecule has 144 valence electrons. The molecule has 1 heterocycles. The summed E-state index contributed by atoms with van der Waals surface area (Å²) in [4.78, 5) is 0. The van der Waals surface area contributed by atoms with Gasteiger partial charge in [-0.15, -0.1) is 0 Å². The van der Waals surface area contributed by atoms with E-state index in [9.17, 15) is 10.2 Å². The van der Waals surface area contributed by atoms with Crippen molar-refractivity contribution in [1.82, 2.24) is 0 Å². The molecule has 0 radical (unpaired) electrons. The van der Waals surface area contributed by atoms with Crippen LogP contribution in [0.2, 0.25) is 0 Å². The Bertz CT molecular complexity index is 1050. The molecule has 0 spiro atoms. The molecular formula is C26H22O3. The quantitative estimate of drug-likeness (QED) is 0.376. The summed E-state index contributed by atoms with van der Waals surface area (Å²) in [6, 6.07) is 24.9. The molecule has 2 N–H and O–H groups in total. The van der Waals surface area contributed by atoms with Crippen molar-refractivity contribution in [1.29, 1.82) is 0 Å². The number of aromatic hydroxyl groups is 2. The van der Waals surface area contributed by atoms with E-state index in [2.05, 4.69) is 31.2 Å². The van der Waals surface area contributed by atoms with E-state index < -0.39 is 0 Å².